The fourth-order valence-electron chi connectivity index (χ4n) is 4.02. The van der Waals surface area contributed by atoms with Crippen molar-refractivity contribution in [3.8, 4) is 0 Å². The number of benzene rings is 1. The van der Waals surface area contributed by atoms with Gasteiger partial charge in [-0.25, -0.2) is 8.42 Å². The van der Waals surface area contributed by atoms with Gasteiger partial charge in [0.2, 0.25) is 10.0 Å². The van der Waals surface area contributed by atoms with Gasteiger partial charge in [-0.1, -0.05) is 17.7 Å². The highest BCUT2D eigenvalue weighted by molar-refractivity contribution is 7.89. The molecular weight excluding hydrogens is 374 g/mol. The molecule has 0 radical (unpaired) electrons. The standard InChI is InChI=1S/C21H25N3O3S/c1-15-9-10-21(16(2)12-15)28(25,26)24(13-17-6-5-11-27-17)14-19-18-7-4-8-20(18)23(3)22-19/h5-6,9-12H,4,7-8,13-14H2,1-3H3. The van der Waals surface area contributed by atoms with Crippen LogP contribution in [0, 0.1) is 13.8 Å². The first-order valence-corrected chi connectivity index (χ1v) is 10.9. The van der Waals surface area contributed by atoms with Crippen molar-refractivity contribution in [2.75, 3.05) is 0 Å². The lowest BCUT2D eigenvalue weighted by atomic mass is 10.2. The minimum atomic E-state index is -3.71. The van der Waals surface area contributed by atoms with Crippen molar-refractivity contribution in [3.05, 3.63) is 70.4 Å². The summed E-state index contributed by atoms with van der Waals surface area (Å²) in [6.07, 6.45) is 4.61. The monoisotopic (exact) mass is 399 g/mol. The van der Waals surface area contributed by atoms with E-state index in [4.69, 9.17) is 4.42 Å². The molecule has 0 spiro atoms. The van der Waals surface area contributed by atoms with Crippen LogP contribution in [-0.4, -0.2) is 22.5 Å². The fourth-order valence-corrected chi connectivity index (χ4v) is 5.60. The van der Waals surface area contributed by atoms with Crippen LogP contribution in [0.15, 0.2) is 45.9 Å². The summed E-state index contributed by atoms with van der Waals surface area (Å²) in [7, 11) is -1.77. The molecule has 4 rings (SSSR count). The lowest BCUT2D eigenvalue weighted by Gasteiger charge is -2.22. The molecule has 0 atom stereocenters. The molecule has 1 aliphatic rings. The van der Waals surface area contributed by atoms with Gasteiger partial charge in [-0.05, 0) is 62.4 Å². The summed E-state index contributed by atoms with van der Waals surface area (Å²) in [5.74, 6) is 0.612. The summed E-state index contributed by atoms with van der Waals surface area (Å²) >= 11 is 0. The molecule has 0 unspecified atom stereocenters. The van der Waals surface area contributed by atoms with Crippen molar-refractivity contribution in [2.45, 2.75) is 51.1 Å². The van der Waals surface area contributed by atoms with E-state index in [1.807, 2.05) is 37.7 Å². The molecule has 6 nitrogen and oxygen atoms in total. The summed E-state index contributed by atoms with van der Waals surface area (Å²) in [4.78, 5) is 0.331. The van der Waals surface area contributed by atoms with Gasteiger partial charge in [0.15, 0.2) is 0 Å². The van der Waals surface area contributed by atoms with Gasteiger partial charge in [-0.2, -0.15) is 9.40 Å². The molecule has 3 aromatic rings. The van der Waals surface area contributed by atoms with E-state index < -0.39 is 10.0 Å². The Labute approximate surface area is 165 Å². The average molecular weight is 400 g/mol. The maximum absolute atomic E-state index is 13.6. The number of hydrogen-bond acceptors (Lipinski definition) is 4. The largest absolute Gasteiger partial charge is 0.468 e. The van der Waals surface area contributed by atoms with Gasteiger partial charge in [0, 0.05) is 12.7 Å². The van der Waals surface area contributed by atoms with Gasteiger partial charge in [-0.15, -0.1) is 0 Å². The molecule has 148 valence electrons. The van der Waals surface area contributed by atoms with Gasteiger partial charge in [0.05, 0.1) is 29.9 Å². The van der Waals surface area contributed by atoms with Crippen LogP contribution in [0.1, 0.15) is 40.3 Å². The predicted octanol–water partition coefficient (Wildman–Crippen LogP) is 3.51. The van der Waals surface area contributed by atoms with Crippen molar-refractivity contribution in [1.29, 1.82) is 0 Å². The molecule has 1 aromatic carbocycles. The summed E-state index contributed by atoms with van der Waals surface area (Å²) in [5, 5.41) is 4.63. The summed E-state index contributed by atoms with van der Waals surface area (Å²) in [6, 6.07) is 9.00. The van der Waals surface area contributed by atoms with E-state index in [1.54, 1.807) is 24.5 Å². The van der Waals surface area contributed by atoms with E-state index in [0.717, 1.165) is 36.1 Å². The van der Waals surface area contributed by atoms with E-state index >= 15 is 0 Å². The first-order valence-electron chi connectivity index (χ1n) is 9.49. The Bertz CT molecular complexity index is 1100. The van der Waals surface area contributed by atoms with Crippen molar-refractivity contribution in [1.82, 2.24) is 14.1 Å². The molecule has 0 N–H and O–H groups in total. The SMILES string of the molecule is Cc1ccc(S(=O)(=O)N(Cc2ccco2)Cc2nn(C)c3c2CCC3)c(C)c1. The number of sulfonamides is 1. The zero-order valence-corrected chi connectivity index (χ0v) is 17.3. The van der Waals surface area contributed by atoms with Crippen LogP contribution in [0.5, 0.6) is 0 Å². The molecular formula is C21H25N3O3S. The van der Waals surface area contributed by atoms with Gasteiger partial charge in [-0.3, -0.25) is 4.68 Å². The molecule has 1 aliphatic carbocycles. The third-order valence-electron chi connectivity index (χ3n) is 5.39. The second kappa shape index (κ2) is 7.22. The van der Waals surface area contributed by atoms with Crippen LogP contribution in [0.4, 0.5) is 0 Å². The van der Waals surface area contributed by atoms with E-state index in [2.05, 4.69) is 5.10 Å². The number of aromatic nitrogens is 2. The minimum Gasteiger partial charge on any atom is -0.468 e. The third-order valence-corrected chi connectivity index (χ3v) is 7.34. The Morgan fingerprint density at radius 2 is 2.00 bits per heavy atom. The topological polar surface area (TPSA) is 68.3 Å². The maximum atomic E-state index is 13.6. The number of aryl methyl sites for hydroxylation is 3. The Hall–Kier alpha value is -2.38. The molecule has 28 heavy (non-hydrogen) atoms. The van der Waals surface area contributed by atoms with Gasteiger partial charge < -0.3 is 4.42 Å². The molecule has 7 heteroatoms. The lowest BCUT2D eigenvalue weighted by molar-refractivity contribution is 0.353. The first-order chi connectivity index (χ1) is 13.4. The van der Waals surface area contributed by atoms with Crippen molar-refractivity contribution < 1.29 is 12.8 Å². The summed E-state index contributed by atoms with van der Waals surface area (Å²) in [5.41, 5.74) is 5.04. The Morgan fingerprint density at radius 1 is 1.18 bits per heavy atom. The van der Waals surface area contributed by atoms with E-state index in [0.29, 0.717) is 10.7 Å². The van der Waals surface area contributed by atoms with Crippen LogP contribution in [0.2, 0.25) is 0 Å². The quantitative estimate of drug-likeness (QED) is 0.636. The van der Waals surface area contributed by atoms with Crippen LogP contribution in [0.25, 0.3) is 0 Å². The van der Waals surface area contributed by atoms with Gasteiger partial charge >= 0.3 is 0 Å². The molecule has 0 saturated carbocycles. The predicted molar refractivity (Wildman–Crippen MR) is 106 cm³/mol. The van der Waals surface area contributed by atoms with Crippen molar-refractivity contribution in [2.24, 2.45) is 7.05 Å². The van der Waals surface area contributed by atoms with Crippen LogP contribution in [-0.2, 0) is 43.0 Å². The second-order valence-electron chi connectivity index (χ2n) is 7.47. The highest BCUT2D eigenvalue weighted by Crippen LogP contribution is 2.29. The smallest absolute Gasteiger partial charge is 0.244 e. The van der Waals surface area contributed by atoms with E-state index in [1.165, 1.54) is 15.6 Å². The zero-order chi connectivity index (χ0) is 19.9. The van der Waals surface area contributed by atoms with Crippen molar-refractivity contribution in [3.63, 3.8) is 0 Å². The summed E-state index contributed by atoms with van der Waals surface area (Å²) in [6.45, 7) is 4.21. The van der Waals surface area contributed by atoms with Gasteiger partial charge in [0.1, 0.15) is 5.76 Å². The lowest BCUT2D eigenvalue weighted by Crippen LogP contribution is -2.31. The Morgan fingerprint density at radius 3 is 2.71 bits per heavy atom. The molecule has 0 saturated heterocycles. The molecule has 0 bridgehead atoms. The number of furan rings is 1. The number of fused-ring (bicyclic) bond motifs is 1. The Balaban J connectivity index is 1.74. The third kappa shape index (κ3) is 3.40. The molecule has 0 amide bonds. The zero-order valence-electron chi connectivity index (χ0n) is 16.5. The molecule has 0 fully saturated rings. The normalized spacial score (nSPS) is 14.0. The summed E-state index contributed by atoms with van der Waals surface area (Å²) < 4.78 is 35.9. The molecule has 2 heterocycles. The van der Waals surface area contributed by atoms with Gasteiger partial charge in [0.25, 0.3) is 0 Å². The molecule has 2 aromatic heterocycles. The van der Waals surface area contributed by atoms with Crippen LogP contribution < -0.4 is 0 Å². The number of rotatable bonds is 6. The number of hydrogen-bond donors (Lipinski definition) is 0. The number of nitrogens with zero attached hydrogens (tertiary/aromatic N) is 3. The minimum absolute atomic E-state index is 0.175. The highest BCUT2D eigenvalue weighted by Gasteiger charge is 2.30. The van der Waals surface area contributed by atoms with Crippen molar-refractivity contribution >= 4 is 10.0 Å². The average Bonchev–Trinajstić information content (AvgIpc) is 3.35. The Kier molecular flexibility index (Phi) is 4.89. The molecule has 0 aliphatic heterocycles. The van der Waals surface area contributed by atoms with Crippen LogP contribution in [0.3, 0.4) is 0 Å². The highest BCUT2D eigenvalue weighted by atomic mass is 32.2. The second-order valence-corrected chi connectivity index (χ2v) is 9.38. The van der Waals surface area contributed by atoms with E-state index in [-0.39, 0.29) is 13.1 Å². The first kappa shape index (κ1) is 19.0. The maximum Gasteiger partial charge on any atom is 0.244 e. The van der Waals surface area contributed by atoms with E-state index in [9.17, 15) is 8.42 Å². The van der Waals surface area contributed by atoms with Crippen LogP contribution >= 0.6 is 0 Å². The fraction of sp³-hybridized carbons (Fsp3) is 0.381.